The van der Waals surface area contributed by atoms with Crippen LogP contribution in [-0.4, -0.2) is 25.8 Å². The average molecular weight is 269 g/mol. The van der Waals surface area contributed by atoms with Crippen molar-refractivity contribution >= 4 is 10.0 Å². The molecule has 0 aliphatic rings. The third-order valence-corrected chi connectivity index (χ3v) is 5.15. The average Bonchev–Trinajstić information content (AvgIpc) is 2.38. The number of rotatable bonds is 7. The quantitative estimate of drug-likeness (QED) is 0.763. The number of aryl methyl sites for hydroxylation is 1. The zero-order chi connectivity index (χ0) is 13.6. The molecule has 1 aromatic carbocycles. The summed E-state index contributed by atoms with van der Waals surface area (Å²) in [5, 5.41) is 0. The van der Waals surface area contributed by atoms with Gasteiger partial charge in [-0.3, -0.25) is 0 Å². The number of benzene rings is 1. The third-order valence-electron chi connectivity index (χ3n) is 3.09. The zero-order valence-corrected chi connectivity index (χ0v) is 12.3. The summed E-state index contributed by atoms with van der Waals surface area (Å²) in [5.41, 5.74) is 1.20. The molecule has 0 aromatic heterocycles. The standard InChI is InChI=1S/C14H23NO2S/c1-4-7-8-13-9-11-14(12-10-13)18(16,17)15(5-2)6-3/h9-12H,4-8H2,1-3H3. The monoisotopic (exact) mass is 269 g/mol. The van der Waals surface area contributed by atoms with E-state index in [4.69, 9.17) is 0 Å². The van der Waals surface area contributed by atoms with E-state index in [2.05, 4.69) is 6.92 Å². The van der Waals surface area contributed by atoms with E-state index >= 15 is 0 Å². The highest BCUT2D eigenvalue weighted by atomic mass is 32.2. The van der Waals surface area contributed by atoms with Crippen molar-refractivity contribution in [3.63, 3.8) is 0 Å². The summed E-state index contributed by atoms with van der Waals surface area (Å²) in [4.78, 5) is 0.395. The highest BCUT2D eigenvalue weighted by molar-refractivity contribution is 7.89. The van der Waals surface area contributed by atoms with Crippen molar-refractivity contribution < 1.29 is 8.42 Å². The highest BCUT2D eigenvalue weighted by Crippen LogP contribution is 2.17. The lowest BCUT2D eigenvalue weighted by atomic mass is 10.1. The summed E-state index contributed by atoms with van der Waals surface area (Å²) in [5.74, 6) is 0. The van der Waals surface area contributed by atoms with E-state index in [0.29, 0.717) is 18.0 Å². The summed E-state index contributed by atoms with van der Waals surface area (Å²) in [6.07, 6.45) is 3.31. The fourth-order valence-corrected chi connectivity index (χ4v) is 3.38. The van der Waals surface area contributed by atoms with Crippen LogP contribution in [0.4, 0.5) is 0 Å². The molecule has 0 atom stereocenters. The van der Waals surface area contributed by atoms with Gasteiger partial charge in [0.1, 0.15) is 0 Å². The van der Waals surface area contributed by atoms with Crippen LogP contribution in [0.15, 0.2) is 29.2 Å². The second-order valence-electron chi connectivity index (χ2n) is 4.34. The Morgan fingerprint density at radius 2 is 1.56 bits per heavy atom. The lowest BCUT2D eigenvalue weighted by Gasteiger charge is -2.18. The second kappa shape index (κ2) is 6.90. The van der Waals surface area contributed by atoms with Crippen LogP contribution in [0.2, 0.25) is 0 Å². The molecular weight excluding hydrogens is 246 g/mol. The van der Waals surface area contributed by atoms with Gasteiger partial charge in [0, 0.05) is 13.1 Å². The van der Waals surface area contributed by atoms with Gasteiger partial charge in [0.25, 0.3) is 0 Å². The number of unbranched alkanes of at least 4 members (excludes halogenated alkanes) is 1. The molecule has 1 aromatic rings. The first-order valence-electron chi connectivity index (χ1n) is 6.65. The minimum absolute atomic E-state index is 0.395. The van der Waals surface area contributed by atoms with Gasteiger partial charge >= 0.3 is 0 Å². The second-order valence-corrected chi connectivity index (χ2v) is 6.27. The van der Waals surface area contributed by atoms with Crippen molar-refractivity contribution in [2.24, 2.45) is 0 Å². The lowest BCUT2D eigenvalue weighted by molar-refractivity contribution is 0.445. The van der Waals surface area contributed by atoms with Crippen LogP contribution in [0.3, 0.4) is 0 Å². The first-order valence-corrected chi connectivity index (χ1v) is 8.09. The van der Waals surface area contributed by atoms with E-state index in [-0.39, 0.29) is 0 Å². The minimum atomic E-state index is -3.31. The van der Waals surface area contributed by atoms with E-state index in [1.807, 2.05) is 26.0 Å². The topological polar surface area (TPSA) is 37.4 Å². The number of hydrogen-bond donors (Lipinski definition) is 0. The molecule has 0 radical (unpaired) electrons. The molecule has 18 heavy (non-hydrogen) atoms. The maximum Gasteiger partial charge on any atom is 0.243 e. The summed E-state index contributed by atoms with van der Waals surface area (Å²) in [7, 11) is -3.31. The number of nitrogens with zero attached hydrogens (tertiary/aromatic N) is 1. The minimum Gasteiger partial charge on any atom is -0.207 e. The van der Waals surface area contributed by atoms with Gasteiger partial charge < -0.3 is 0 Å². The van der Waals surface area contributed by atoms with Crippen molar-refractivity contribution in [1.82, 2.24) is 4.31 Å². The molecule has 0 spiro atoms. The molecule has 0 unspecified atom stereocenters. The molecule has 0 amide bonds. The SMILES string of the molecule is CCCCc1ccc(S(=O)(=O)N(CC)CC)cc1. The van der Waals surface area contributed by atoms with E-state index < -0.39 is 10.0 Å². The number of sulfonamides is 1. The van der Waals surface area contributed by atoms with E-state index in [1.165, 1.54) is 9.87 Å². The molecule has 102 valence electrons. The molecule has 1 rings (SSSR count). The van der Waals surface area contributed by atoms with Crippen molar-refractivity contribution in [3.8, 4) is 0 Å². The normalized spacial score (nSPS) is 12.0. The molecule has 0 saturated carbocycles. The Morgan fingerprint density at radius 3 is 2.00 bits per heavy atom. The molecule has 0 heterocycles. The van der Waals surface area contributed by atoms with Crippen LogP contribution >= 0.6 is 0 Å². The molecule has 4 heteroatoms. The van der Waals surface area contributed by atoms with Gasteiger partial charge in [0.2, 0.25) is 10.0 Å². The van der Waals surface area contributed by atoms with Crippen LogP contribution in [0.25, 0.3) is 0 Å². The number of hydrogen-bond acceptors (Lipinski definition) is 2. The van der Waals surface area contributed by atoms with Crippen molar-refractivity contribution in [2.75, 3.05) is 13.1 Å². The molecule has 0 aliphatic heterocycles. The Labute approximate surface area is 111 Å². The van der Waals surface area contributed by atoms with E-state index in [9.17, 15) is 8.42 Å². The Balaban J connectivity index is 2.90. The van der Waals surface area contributed by atoms with Gasteiger partial charge in [0.05, 0.1) is 4.90 Å². The van der Waals surface area contributed by atoms with Gasteiger partial charge in [-0.1, -0.05) is 39.3 Å². The molecule has 0 aliphatic carbocycles. The van der Waals surface area contributed by atoms with Crippen LogP contribution < -0.4 is 0 Å². The summed E-state index contributed by atoms with van der Waals surface area (Å²) >= 11 is 0. The molecule has 0 bridgehead atoms. The van der Waals surface area contributed by atoms with Gasteiger partial charge in [0.15, 0.2) is 0 Å². The fourth-order valence-electron chi connectivity index (χ4n) is 1.92. The Bertz CT molecular complexity index is 447. The van der Waals surface area contributed by atoms with Crippen LogP contribution in [0.5, 0.6) is 0 Å². The molecule has 0 saturated heterocycles. The summed E-state index contributed by atoms with van der Waals surface area (Å²) in [6.45, 7) is 6.89. The van der Waals surface area contributed by atoms with Gasteiger partial charge in [-0.05, 0) is 30.5 Å². The molecule has 0 fully saturated rings. The maximum absolute atomic E-state index is 12.2. The van der Waals surface area contributed by atoms with Gasteiger partial charge in [-0.15, -0.1) is 0 Å². The first kappa shape index (κ1) is 15.2. The van der Waals surface area contributed by atoms with Crippen LogP contribution in [-0.2, 0) is 16.4 Å². The molecular formula is C14H23NO2S. The molecule has 0 N–H and O–H groups in total. The summed E-state index contributed by atoms with van der Waals surface area (Å²) in [6, 6.07) is 7.29. The van der Waals surface area contributed by atoms with Gasteiger partial charge in [-0.25, -0.2) is 8.42 Å². The van der Waals surface area contributed by atoms with Crippen molar-refractivity contribution in [3.05, 3.63) is 29.8 Å². The first-order chi connectivity index (χ1) is 8.56. The third kappa shape index (κ3) is 3.56. The van der Waals surface area contributed by atoms with Crippen molar-refractivity contribution in [2.45, 2.75) is 44.9 Å². The van der Waals surface area contributed by atoms with Crippen LogP contribution in [0.1, 0.15) is 39.2 Å². The predicted molar refractivity (Wildman–Crippen MR) is 75.2 cm³/mol. The largest absolute Gasteiger partial charge is 0.243 e. The lowest BCUT2D eigenvalue weighted by Crippen LogP contribution is -2.30. The Morgan fingerprint density at radius 1 is 1.00 bits per heavy atom. The van der Waals surface area contributed by atoms with E-state index in [1.54, 1.807) is 12.1 Å². The maximum atomic E-state index is 12.2. The van der Waals surface area contributed by atoms with Crippen molar-refractivity contribution in [1.29, 1.82) is 0 Å². The fraction of sp³-hybridized carbons (Fsp3) is 0.571. The van der Waals surface area contributed by atoms with Crippen LogP contribution in [0, 0.1) is 0 Å². The highest BCUT2D eigenvalue weighted by Gasteiger charge is 2.20. The predicted octanol–water partition coefficient (Wildman–Crippen LogP) is 3.06. The zero-order valence-electron chi connectivity index (χ0n) is 11.5. The van der Waals surface area contributed by atoms with Gasteiger partial charge in [-0.2, -0.15) is 4.31 Å². The Kier molecular flexibility index (Phi) is 5.82. The Hall–Kier alpha value is -0.870. The summed E-state index contributed by atoms with van der Waals surface area (Å²) < 4.78 is 26.0. The van der Waals surface area contributed by atoms with E-state index in [0.717, 1.165) is 19.3 Å². The smallest absolute Gasteiger partial charge is 0.207 e. The molecule has 3 nitrogen and oxygen atoms in total.